The lowest BCUT2D eigenvalue weighted by Gasteiger charge is -2.25. The third-order valence-corrected chi connectivity index (χ3v) is 3.33. The van der Waals surface area contributed by atoms with E-state index in [1.807, 2.05) is 6.92 Å². The summed E-state index contributed by atoms with van der Waals surface area (Å²) in [6.07, 6.45) is 3.03. The van der Waals surface area contributed by atoms with Crippen molar-refractivity contribution in [2.24, 2.45) is 4.99 Å². The first kappa shape index (κ1) is 16.6. The van der Waals surface area contributed by atoms with E-state index in [-0.39, 0.29) is 17.3 Å². The van der Waals surface area contributed by atoms with E-state index in [0.29, 0.717) is 29.4 Å². The Balaban J connectivity index is 2.23. The normalized spacial score (nSPS) is 18.5. The molecule has 0 spiro atoms. The fourth-order valence-electron chi connectivity index (χ4n) is 2.21. The number of rotatable bonds is 4. The van der Waals surface area contributed by atoms with Crippen LogP contribution in [0, 0.1) is 0 Å². The van der Waals surface area contributed by atoms with Crippen LogP contribution < -0.4 is 5.32 Å². The number of phenolic OH excluding ortho intramolecular Hbond substituents is 2. The summed E-state index contributed by atoms with van der Waals surface area (Å²) in [7, 11) is 0. The Morgan fingerprint density at radius 3 is 2.65 bits per heavy atom. The molecule has 0 aliphatic carbocycles. The van der Waals surface area contributed by atoms with Crippen LogP contribution in [0.1, 0.15) is 19.4 Å². The lowest BCUT2D eigenvalue weighted by molar-refractivity contribution is -0.143. The van der Waals surface area contributed by atoms with Gasteiger partial charge in [-0.25, -0.2) is 0 Å². The topological polar surface area (TPSA) is 105 Å². The Hall–Kier alpha value is -2.80. The predicted molar refractivity (Wildman–Crippen MR) is 85.1 cm³/mol. The summed E-state index contributed by atoms with van der Waals surface area (Å²) in [4.78, 5) is 16.0. The Morgan fingerprint density at radius 1 is 1.30 bits per heavy atom. The number of amidine groups is 1. The second kappa shape index (κ2) is 6.97. The van der Waals surface area contributed by atoms with Crippen molar-refractivity contribution in [1.82, 2.24) is 10.4 Å². The van der Waals surface area contributed by atoms with Gasteiger partial charge in [0.2, 0.25) is 0 Å². The van der Waals surface area contributed by atoms with Gasteiger partial charge in [0.15, 0.2) is 17.3 Å². The SMILES string of the molecule is C/C=C1/C(NCc2ccc(O)c(O)c2)=CC(=O)N(O)C1=NCC. The van der Waals surface area contributed by atoms with E-state index in [0.717, 1.165) is 5.56 Å². The van der Waals surface area contributed by atoms with E-state index in [1.54, 1.807) is 19.1 Å². The number of hydroxylamine groups is 2. The number of aromatic hydroxyl groups is 2. The number of aliphatic imine (C=N–C) groups is 1. The van der Waals surface area contributed by atoms with Gasteiger partial charge in [-0.1, -0.05) is 12.1 Å². The number of benzene rings is 1. The number of carbonyl (C=O) groups is 1. The number of hydrogen-bond acceptors (Lipinski definition) is 6. The molecule has 0 atom stereocenters. The molecule has 23 heavy (non-hydrogen) atoms. The van der Waals surface area contributed by atoms with Crippen LogP contribution >= 0.6 is 0 Å². The maximum atomic E-state index is 11.8. The third kappa shape index (κ3) is 3.51. The molecule has 122 valence electrons. The first-order chi connectivity index (χ1) is 11.0. The fraction of sp³-hybridized carbons (Fsp3) is 0.250. The summed E-state index contributed by atoms with van der Waals surface area (Å²) in [5.41, 5.74) is 1.86. The molecule has 1 amide bonds. The van der Waals surface area contributed by atoms with Gasteiger partial charge < -0.3 is 15.5 Å². The summed E-state index contributed by atoms with van der Waals surface area (Å²) in [6, 6.07) is 4.48. The standard InChI is InChI=1S/C16H19N3O4/c1-3-11-12(8-15(22)19(23)16(11)17-4-2)18-9-10-5-6-13(20)14(21)7-10/h3,5-8,18,20-21,23H,4,9H2,1-2H3/b11-3-,17-16?. The highest BCUT2D eigenvalue weighted by Gasteiger charge is 2.27. The smallest absolute Gasteiger partial charge is 0.278 e. The molecule has 1 aliphatic heterocycles. The molecule has 1 aromatic carbocycles. The number of nitrogens with zero attached hydrogens (tertiary/aromatic N) is 2. The van der Waals surface area contributed by atoms with E-state index < -0.39 is 5.91 Å². The molecular formula is C16H19N3O4. The Morgan fingerprint density at radius 2 is 2.04 bits per heavy atom. The van der Waals surface area contributed by atoms with Gasteiger partial charge in [-0.05, 0) is 31.5 Å². The average molecular weight is 317 g/mol. The lowest BCUT2D eigenvalue weighted by Crippen LogP contribution is -2.40. The maximum Gasteiger partial charge on any atom is 0.278 e. The molecule has 0 radical (unpaired) electrons. The van der Waals surface area contributed by atoms with Crippen molar-refractivity contribution >= 4 is 11.7 Å². The van der Waals surface area contributed by atoms with Gasteiger partial charge in [-0.2, -0.15) is 5.06 Å². The van der Waals surface area contributed by atoms with Gasteiger partial charge in [-0.3, -0.25) is 15.0 Å². The van der Waals surface area contributed by atoms with E-state index in [4.69, 9.17) is 0 Å². The average Bonchev–Trinajstić information content (AvgIpc) is 2.53. The molecule has 7 nitrogen and oxygen atoms in total. The number of allylic oxidation sites excluding steroid dienone is 1. The van der Waals surface area contributed by atoms with Crippen LogP contribution in [0.4, 0.5) is 0 Å². The second-order valence-corrected chi connectivity index (χ2v) is 4.88. The number of amides is 1. The molecule has 0 saturated heterocycles. The highest BCUT2D eigenvalue weighted by atomic mass is 16.5. The third-order valence-electron chi connectivity index (χ3n) is 3.33. The minimum Gasteiger partial charge on any atom is -0.504 e. The number of carbonyl (C=O) groups excluding carboxylic acids is 1. The number of hydrogen-bond donors (Lipinski definition) is 4. The molecule has 7 heteroatoms. The van der Waals surface area contributed by atoms with Crippen molar-refractivity contribution in [1.29, 1.82) is 0 Å². The summed E-state index contributed by atoms with van der Waals surface area (Å²) < 4.78 is 0. The fourth-order valence-corrected chi connectivity index (χ4v) is 2.21. The van der Waals surface area contributed by atoms with Crippen LogP contribution in [0.3, 0.4) is 0 Å². The largest absolute Gasteiger partial charge is 0.504 e. The molecule has 2 rings (SSSR count). The maximum absolute atomic E-state index is 11.8. The molecule has 0 aromatic heterocycles. The quantitative estimate of drug-likeness (QED) is 0.499. The van der Waals surface area contributed by atoms with Crippen molar-refractivity contribution in [2.45, 2.75) is 20.4 Å². The molecule has 0 unspecified atom stereocenters. The molecule has 0 saturated carbocycles. The summed E-state index contributed by atoms with van der Waals surface area (Å²) in [5, 5.41) is 32.2. The molecule has 1 heterocycles. The molecule has 4 N–H and O–H groups in total. The first-order valence-electron chi connectivity index (χ1n) is 7.18. The zero-order valence-corrected chi connectivity index (χ0v) is 12.9. The van der Waals surface area contributed by atoms with Crippen molar-refractivity contribution in [2.75, 3.05) is 6.54 Å². The minimum absolute atomic E-state index is 0.191. The van der Waals surface area contributed by atoms with Gasteiger partial charge in [0.25, 0.3) is 5.91 Å². The Labute approximate surface area is 133 Å². The summed E-state index contributed by atoms with van der Waals surface area (Å²) in [5.74, 6) is -0.792. The van der Waals surface area contributed by atoms with Crippen LogP contribution in [0.2, 0.25) is 0 Å². The molecule has 1 aromatic rings. The van der Waals surface area contributed by atoms with Gasteiger partial charge in [0, 0.05) is 24.7 Å². The zero-order chi connectivity index (χ0) is 17.0. The Bertz CT molecular complexity index is 707. The van der Waals surface area contributed by atoms with E-state index >= 15 is 0 Å². The molecular weight excluding hydrogens is 298 g/mol. The highest BCUT2D eigenvalue weighted by Crippen LogP contribution is 2.25. The van der Waals surface area contributed by atoms with Crippen molar-refractivity contribution in [3.63, 3.8) is 0 Å². The van der Waals surface area contributed by atoms with Crippen molar-refractivity contribution in [3.05, 3.63) is 47.2 Å². The van der Waals surface area contributed by atoms with Gasteiger partial charge in [-0.15, -0.1) is 0 Å². The zero-order valence-electron chi connectivity index (χ0n) is 12.9. The number of nitrogens with one attached hydrogen (secondary N) is 1. The van der Waals surface area contributed by atoms with Crippen LogP contribution in [0.15, 0.2) is 46.6 Å². The number of phenols is 2. The molecule has 0 fully saturated rings. The molecule has 0 bridgehead atoms. The van der Waals surface area contributed by atoms with Crippen LogP contribution in [0.25, 0.3) is 0 Å². The van der Waals surface area contributed by atoms with E-state index in [2.05, 4.69) is 10.3 Å². The van der Waals surface area contributed by atoms with Crippen molar-refractivity contribution in [3.8, 4) is 11.5 Å². The summed E-state index contributed by atoms with van der Waals surface area (Å²) in [6.45, 7) is 4.35. The van der Waals surface area contributed by atoms with Crippen molar-refractivity contribution < 1.29 is 20.2 Å². The second-order valence-electron chi connectivity index (χ2n) is 4.88. The summed E-state index contributed by atoms with van der Waals surface area (Å²) >= 11 is 0. The van der Waals surface area contributed by atoms with Crippen LogP contribution in [0.5, 0.6) is 11.5 Å². The lowest BCUT2D eigenvalue weighted by atomic mass is 10.1. The first-order valence-corrected chi connectivity index (χ1v) is 7.18. The van der Waals surface area contributed by atoms with E-state index in [9.17, 15) is 20.2 Å². The van der Waals surface area contributed by atoms with Gasteiger partial charge in [0.1, 0.15) is 0 Å². The molecule has 1 aliphatic rings. The van der Waals surface area contributed by atoms with Gasteiger partial charge in [0.05, 0.1) is 5.70 Å². The Kier molecular flexibility index (Phi) is 5.02. The van der Waals surface area contributed by atoms with Gasteiger partial charge >= 0.3 is 0 Å². The predicted octanol–water partition coefficient (Wildman–Crippen LogP) is 1.67. The monoisotopic (exact) mass is 317 g/mol. The van der Waals surface area contributed by atoms with Crippen LogP contribution in [-0.4, -0.2) is 38.8 Å². The minimum atomic E-state index is -0.584. The highest BCUT2D eigenvalue weighted by molar-refractivity contribution is 6.15. The van der Waals surface area contributed by atoms with Crippen LogP contribution in [-0.2, 0) is 11.3 Å². The van der Waals surface area contributed by atoms with E-state index in [1.165, 1.54) is 18.2 Å².